The SMILES string of the molecule is COC(=O)[C@@H]1CC2(CN1C(=O)[C@@H](NC(=O)[C@@H](NC(=O)c1[nH]c(C)c(C)c1C(C)=O)C1CCCCC1)C(C)(C)C)SCCCS2. The third kappa shape index (κ3) is 7.32. The Morgan fingerprint density at radius 1 is 1.00 bits per heavy atom. The molecule has 0 bridgehead atoms. The summed E-state index contributed by atoms with van der Waals surface area (Å²) in [5.41, 5.74) is 1.20. The van der Waals surface area contributed by atoms with Crippen LogP contribution in [0.3, 0.4) is 0 Å². The van der Waals surface area contributed by atoms with Gasteiger partial charge in [-0.25, -0.2) is 4.79 Å². The van der Waals surface area contributed by atoms with E-state index in [9.17, 15) is 24.0 Å². The van der Waals surface area contributed by atoms with Crippen LogP contribution in [0.15, 0.2) is 0 Å². The minimum atomic E-state index is -0.943. The molecule has 1 aromatic rings. The number of aryl methyl sites for hydroxylation is 1. The maximum absolute atomic E-state index is 14.3. The fourth-order valence-electron chi connectivity index (χ4n) is 6.70. The lowest BCUT2D eigenvalue weighted by molar-refractivity contribution is -0.153. The van der Waals surface area contributed by atoms with E-state index < -0.39 is 41.3 Å². The van der Waals surface area contributed by atoms with E-state index in [1.165, 1.54) is 14.0 Å². The minimum absolute atomic E-state index is 0.116. The van der Waals surface area contributed by atoms with E-state index in [1.54, 1.807) is 42.3 Å². The van der Waals surface area contributed by atoms with Crippen molar-refractivity contribution in [2.24, 2.45) is 11.3 Å². The number of nitrogens with one attached hydrogen (secondary N) is 3. The van der Waals surface area contributed by atoms with E-state index in [4.69, 9.17) is 4.74 Å². The zero-order chi connectivity index (χ0) is 32.4. The van der Waals surface area contributed by atoms with Crippen molar-refractivity contribution in [1.29, 1.82) is 0 Å². The van der Waals surface area contributed by atoms with Gasteiger partial charge in [-0.05, 0) is 68.4 Å². The molecule has 3 amide bonds. The van der Waals surface area contributed by atoms with Gasteiger partial charge in [0.1, 0.15) is 23.8 Å². The highest BCUT2D eigenvalue weighted by Gasteiger charge is 2.53. The molecule has 3 N–H and O–H groups in total. The number of carbonyl (C=O) groups excluding carboxylic acids is 5. The van der Waals surface area contributed by atoms with Gasteiger partial charge in [-0.2, -0.15) is 0 Å². The summed E-state index contributed by atoms with van der Waals surface area (Å²) in [5.74, 6) is -0.144. The summed E-state index contributed by atoms with van der Waals surface area (Å²) in [5, 5.41) is 5.97. The van der Waals surface area contributed by atoms with Crippen LogP contribution in [0, 0.1) is 25.2 Å². The summed E-state index contributed by atoms with van der Waals surface area (Å²) >= 11 is 3.59. The molecule has 1 aliphatic carbocycles. The van der Waals surface area contributed by atoms with Crippen molar-refractivity contribution in [3.8, 4) is 0 Å². The number of aromatic amines is 1. The zero-order valence-electron chi connectivity index (χ0n) is 27.1. The van der Waals surface area contributed by atoms with Gasteiger partial charge in [-0.3, -0.25) is 19.2 Å². The molecule has 2 saturated heterocycles. The first kappa shape index (κ1) is 34.4. The molecule has 3 heterocycles. The Balaban J connectivity index is 1.62. The number of likely N-dealkylation sites (tertiary alicyclic amines) is 1. The number of rotatable bonds is 8. The van der Waals surface area contributed by atoms with Crippen LogP contribution in [0.1, 0.15) is 105 Å². The van der Waals surface area contributed by atoms with Crippen molar-refractivity contribution in [1.82, 2.24) is 20.5 Å². The van der Waals surface area contributed by atoms with E-state index >= 15 is 0 Å². The maximum Gasteiger partial charge on any atom is 0.328 e. The van der Waals surface area contributed by atoms with Gasteiger partial charge in [-0.15, -0.1) is 23.5 Å². The molecule has 1 saturated carbocycles. The summed E-state index contributed by atoms with van der Waals surface area (Å²) < 4.78 is 4.84. The number of nitrogens with zero attached hydrogens (tertiary/aromatic N) is 1. The summed E-state index contributed by atoms with van der Waals surface area (Å²) in [4.78, 5) is 72.1. The van der Waals surface area contributed by atoms with Crippen LogP contribution in [-0.4, -0.2) is 86.7 Å². The quantitative estimate of drug-likeness (QED) is 0.279. The fourth-order valence-corrected chi connectivity index (χ4v) is 10.0. The Labute approximate surface area is 269 Å². The number of ether oxygens (including phenoxy) is 1. The number of hydrogen-bond donors (Lipinski definition) is 3. The summed E-state index contributed by atoms with van der Waals surface area (Å²) in [6.07, 6.45) is 6.06. The van der Waals surface area contributed by atoms with E-state index in [2.05, 4.69) is 15.6 Å². The summed E-state index contributed by atoms with van der Waals surface area (Å²) in [7, 11) is 1.34. The lowest BCUT2D eigenvalue weighted by atomic mass is 9.82. The Kier molecular flexibility index (Phi) is 10.9. The number of ketones is 1. The van der Waals surface area contributed by atoms with Gasteiger partial charge in [0.15, 0.2) is 5.78 Å². The van der Waals surface area contributed by atoms with Crippen molar-refractivity contribution in [2.45, 2.75) is 109 Å². The molecule has 3 fully saturated rings. The molecule has 0 unspecified atom stereocenters. The van der Waals surface area contributed by atoms with Crippen LogP contribution in [0.2, 0.25) is 0 Å². The molecule has 44 heavy (non-hydrogen) atoms. The Morgan fingerprint density at radius 3 is 2.20 bits per heavy atom. The molecule has 1 aromatic heterocycles. The van der Waals surface area contributed by atoms with Crippen LogP contribution >= 0.6 is 23.5 Å². The number of aromatic nitrogens is 1. The molecule has 1 spiro atoms. The van der Waals surface area contributed by atoms with Gasteiger partial charge in [0.2, 0.25) is 11.8 Å². The Hall–Kier alpha value is -2.47. The summed E-state index contributed by atoms with van der Waals surface area (Å²) in [6, 6.07) is -2.57. The smallest absolute Gasteiger partial charge is 0.328 e. The number of carbonyl (C=O) groups is 5. The van der Waals surface area contributed by atoms with Gasteiger partial charge in [0.25, 0.3) is 5.91 Å². The maximum atomic E-state index is 14.3. The normalized spacial score (nSPS) is 21.9. The third-order valence-corrected chi connectivity index (χ3v) is 12.6. The first-order valence-corrected chi connectivity index (χ1v) is 17.6. The first-order chi connectivity index (χ1) is 20.7. The van der Waals surface area contributed by atoms with Crippen LogP contribution in [0.4, 0.5) is 0 Å². The first-order valence-electron chi connectivity index (χ1n) is 15.7. The molecule has 0 radical (unpaired) electrons. The largest absolute Gasteiger partial charge is 0.467 e. The molecule has 244 valence electrons. The van der Waals surface area contributed by atoms with Crippen LogP contribution < -0.4 is 10.6 Å². The highest BCUT2D eigenvalue weighted by molar-refractivity contribution is 8.18. The molecular formula is C32H48N4O6S2. The van der Waals surface area contributed by atoms with Gasteiger partial charge in [-0.1, -0.05) is 40.0 Å². The molecule has 2 aliphatic heterocycles. The van der Waals surface area contributed by atoms with Crippen molar-refractivity contribution < 1.29 is 28.7 Å². The molecule has 4 rings (SSSR count). The topological polar surface area (TPSA) is 138 Å². The molecule has 3 aliphatic rings. The molecule has 10 nitrogen and oxygen atoms in total. The number of Topliss-reactive ketones (excluding diaryl/α,β-unsaturated/α-hetero) is 1. The van der Waals surface area contributed by atoms with E-state index in [-0.39, 0.29) is 27.4 Å². The predicted octanol–water partition coefficient (Wildman–Crippen LogP) is 4.38. The Morgan fingerprint density at radius 2 is 1.64 bits per heavy atom. The summed E-state index contributed by atoms with van der Waals surface area (Å²) in [6.45, 7) is 11.1. The Bertz CT molecular complexity index is 1280. The second-order valence-corrected chi connectivity index (χ2v) is 16.7. The average Bonchev–Trinajstić information content (AvgIpc) is 3.50. The van der Waals surface area contributed by atoms with Gasteiger partial charge < -0.3 is 25.3 Å². The van der Waals surface area contributed by atoms with Crippen molar-refractivity contribution in [3.63, 3.8) is 0 Å². The highest BCUT2D eigenvalue weighted by atomic mass is 32.2. The lowest BCUT2D eigenvalue weighted by Crippen LogP contribution is -2.61. The number of methoxy groups -OCH3 is 1. The number of H-pyrrole nitrogens is 1. The number of esters is 1. The van der Waals surface area contributed by atoms with Gasteiger partial charge >= 0.3 is 5.97 Å². The molecule has 0 aromatic carbocycles. The zero-order valence-corrected chi connectivity index (χ0v) is 28.7. The van der Waals surface area contributed by atoms with Gasteiger partial charge in [0.05, 0.1) is 16.8 Å². The standard InChI is InChI=1S/C32H48N4O6S2/c1-18-19(2)33-25(23(18)20(3)37)28(39)34-24(21-12-9-8-10-13-21)27(38)35-26(31(4,5)6)29(40)36-17-32(43-14-11-15-44-32)16-22(36)30(41)42-7/h21-22,24,26,33H,8-17H2,1-7H3,(H,34,39)(H,35,38)/t22-,24-,26+/m0/s1. The van der Waals surface area contributed by atoms with E-state index in [0.717, 1.165) is 55.7 Å². The average molecular weight is 649 g/mol. The number of hydrogen-bond acceptors (Lipinski definition) is 8. The van der Waals surface area contributed by atoms with Gasteiger partial charge in [0, 0.05) is 18.7 Å². The third-order valence-electron chi connectivity index (χ3n) is 9.24. The van der Waals surface area contributed by atoms with E-state index in [0.29, 0.717) is 24.1 Å². The molecular weight excluding hydrogens is 601 g/mol. The predicted molar refractivity (Wildman–Crippen MR) is 174 cm³/mol. The van der Waals surface area contributed by atoms with Crippen LogP contribution in [0.25, 0.3) is 0 Å². The van der Waals surface area contributed by atoms with Crippen molar-refractivity contribution >= 4 is 53.0 Å². The second-order valence-electron chi connectivity index (χ2n) is 13.5. The number of amides is 3. The van der Waals surface area contributed by atoms with Crippen molar-refractivity contribution in [2.75, 3.05) is 25.2 Å². The number of thioether (sulfide) groups is 2. The lowest BCUT2D eigenvalue weighted by Gasteiger charge is -2.38. The van der Waals surface area contributed by atoms with Crippen LogP contribution in [0.5, 0.6) is 0 Å². The fraction of sp³-hybridized carbons (Fsp3) is 0.719. The second kappa shape index (κ2) is 13.9. The van der Waals surface area contributed by atoms with Crippen molar-refractivity contribution in [3.05, 3.63) is 22.5 Å². The molecule has 12 heteroatoms. The molecule has 3 atom stereocenters. The van der Waals surface area contributed by atoms with E-state index in [1.807, 2.05) is 20.8 Å². The minimum Gasteiger partial charge on any atom is -0.467 e. The highest BCUT2D eigenvalue weighted by Crippen LogP contribution is 2.50. The monoisotopic (exact) mass is 648 g/mol. The van der Waals surface area contributed by atoms with Crippen LogP contribution in [-0.2, 0) is 19.1 Å².